The summed E-state index contributed by atoms with van der Waals surface area (Å²) in [5.74, 6) is -0.849. The molecule has 0 aliphatic heterocycles. The Morgan fingerprint density at radius 2 is 1.89 bits per heavy atom. The minimum absolute atomic E-state index is 0.227. The molecule has 0 fully saturated rings. The van der Waals surface area contributed by atoms with Gasteiger partial charge in [0.25, 0.3) is 5.91 Å². The Morgan fingerprint density at radius 1 is 1.22 bits per heavy atom. The van der Waals surface area contributed by atoms with Gasteiger partial charge in [0, 0.05) is 4.88 Å². The molecular weight excluding hydrogens is 399 g/mol. The maximum atomic E-state index is 13.7. The topological polar surface area (TPSA) is 46.9 Å². The summed E-state index contributed by atoms with van der Waals surface area (Å²) in [7, 11) is 0. The van der Waals surface area contributed by atoms with Crippen LogP contribution in [0.2, 0.25) is 4.34 Å². The lowest BCUT2D eigenvalue weighted by Crippen LogP contribution is -2.28. The predicted molar refractivity (Wildman–Crippen MR) is 98.5 cm³/mol. The van der Waals surface area contributed by atoms with E-state index < -0.39 is 29.4 Å². The summed E-state index contributed by atoms with van der Waals surface area (Å²) in [5.41, 5.74) is -0.510. The summed E-state index contributed by atoms with van der Waals surface area (Å²) in [4.78, 5) is 13.3. The minimum atomic E-state index is -4.75. The highest BCUT2D eigenvalue weighted by atomic mass is 35.5. The number of aromatic nitrogens is 2. The zero-order chi connectivity index (χ0) is 19.8. The molecule has 0 aliphatic carbocycles. The summed E-state index contributed by atoms with van der Waals surface area (Å²) >= 11 is 7.12. The Labute approximate surface area is 162 Å². The van der Waals surface area contributed by atoms with Crippen molar-refractivity contribution in [1.82, 2.24) is 15.1 Å². The molecule has 1 atom stereocenters. The molecule has 3 rings (SSSR count). The van der Waals surface area contributed by atoms with Gasteiger partial charge in [0.2, 0.25) is 0 Å². The number of hydrogen-bond donors (Lipinski definition) is 1. The maximum absolute atomic E-state index is 13.7. The molecule has 1 aromatic carbocycles. The van der Waals surface area contributed by atoms with E-state index in [9.17, 15) is 18.0 Å². The quantitative estimate of drug-likeness (QED) is 0.622. The lowest BCUT2D eigenvalue weighted by atomic mass is 10.2. The number of aryl methyl sites for hydroxylation is 1. The van der Waals surface area contributed by atoms with Crippen LogP contribution in [0.3, 0.4) is 0 Å². The highest BCUT2D eigenvalue weighted by Gasteiger charge is 2.40. The number of carbonyl (C=O) groups is 1. The van der Waals surface area contributed by atoms with Crippen molar-refractivity contribution in [1.29, 1.82) is 0 Å². The smallest absolute Gasteiger partial charge is 0.345 e. The van der Waals surface area contributed by atoms with Crippen molar-refractivity contribution in [3.8, 4) is 5.69 Å². The molecule has 1 unspecified atom stereocenters. The number of benzene rings is 1. The minimum Gasteiger partial charge on any atom is -0.345 e. The summed E-state index contributed by atoms with van der Waals surface area (Å²) in [6, 6.07) is 9.31. The van der Waals surface area contributed by atoms with Crippen molar-refractivity contribution in [2.24, 2.45) is 0 Å². The number of halogens is 4. The van der Waals surface area contributed by atoms with E-state index in [1.165, 1.54) is 23.5 Å². The first-order chi connectivity index (χ1) is 12.7. The van der Waals surface area contributed by atoms with Crippen LogP contribution >= 0.6 is 22.9 Å². The average molecular weight is 414 g/mol. The first-order valence-corrected chi connectivity index (χ1v) is 9.14. The van der Waals surface area contributed by atoms with Gasteiger partial charge in [-0.05, 0) is 38.1 Å². The molecule has 3 aromatic rings. The molecule has 2 aromatic heterocycles. The fraction of sp³-hybridized carbons (Fsp3) is 0.222. The number of amides is 1. The van der Waals surface area contributed by atoms with Crippen LogP contribution in [-0.4, -0.2) is 15.7 Å². The zero-order valence-electron chi connectivity index (χ0n) is 14.3. The van der Waals surface area contributed by atoms with Gasteiger partial charge in [-0.3, -0.25) is 4.79 Å². The summed E-state index contributed by atoms with van der Waals surface area (Å²) in [5, 5.41) is 6.38. The van der Waals surface area contributed by atoms with E-state index in [1.54, 1.807) is 31.2 Å². The molecule has 1 N–H and O–H groups in total. The van der Waals surface area contributed by atoms with E-state index in [1.807, 2.05) is 6.92 Å². The Balaban J connectivity index is 1.95. The Morgan fingerprint density at radius 3 is 2.44 bits per heavy atom. The third kappa shape index (κ3) is 4.17. The summed E-state index contributed by atoms with van der Waals surface area (Å²) < 4.78 is 42.3. The Hall–Kier alpha value is -2.32. The Kier molecular flexibility index (Phi) is 5.30. The molecule has 0 saturated carbocycles. The molecule has 0 bridgehead atoms. The normalized spacial score (nSPS) is 12.8. The number of nitrogens with zero attached hydrogens (tertiary/aromatic N) is 2. The Bertz CT molecular complexity index is 963. The van der Waals surface area contributed by atoms with E-state index in [-0.39, 0.29) is 5.69 Å². The highest BCUT2D eigenvalue weighted by Crippen LogP contribution is 2.34. The van der Waals surface area contributed by atoms with E-state index in [2.05, 4.69) is 10.4 Å². The molecule has 0 spiro atoms. The van der Waals surface area contributed by atoms with Gasteiger partial charge in [-0.2, -0.15) is 18.3 Å². The standard InChI is InChI=1S/C18H15ClF3N3OS/c1-10-3-5-12(6-4-10)25-16(18(20,21)22)13(9-23-25)17(26)24-11(2)14-7-8-15(19)27-14/h3-9,11H,1-2H3,(H,24,26). The van der Waals surface area contributed by atoms with Crippen molar-refractivity contribution >= 4 is 28.8 Å². The van der Waals surface area contributed by atoms with Crippen LogP contribution in [0.25, 0.3) is 5.69 Å². The van der Waals surface area contributed by atoms with Gasteiger partial charge < -0.3 is 5.32 Å². The summed E-state index contributed by atoms with van der Waals surface area (Å²) in [6.45, 7) is 3.51. The van der Waals surface area contributed by atoms with Gasteiger partial charge in [0.05, 0.1) is 27.8 Å². The zero-order valence-corrected chi connectivity index (χ0v) is 15.9. The average Bonchev–Trinajstić information content (AvgIpc) is 3.21. The van der Waals surface area contributed by atoms with Crippen molar-refractivity contribution in [2.45, 2.75) is 26.1 Å². The number of carbonyl (C=O) groups excluding carboxylic acids is 1. The second-order valence-electron chi connectivity index (χ2n) is 5.99. The van der Waals surface area contributed by atoms with Gasteiger partial charge >= 0.3 is 6.18 Å². The molecule has 1 amide bonds. The molecule has 0 radical (unpaired) electrons. The van der Waals surface area contributed by atoms with Gasteiger partial charge in [-0.15, -0.1) is 11.3 Å². The number of hydrogen-bond acceptors (Lipinski definition) is 3. The van der Waals surface area contributed by atoms with E-state index in [0.717, 1.165) is 21.3 Å². The van der Waals surface area contributed by atoms with Gasteiger partial charge in [0.15, 0.2) is 5.69 Å². The van der Waals surface area contributed by atoms with Crippen LogP contribution in [0.5, 0.6) is 0 Å². The summed E-state index contributed by atoms with van der Waals surface area (Å²) in [6.07, 6.45) is -3.81. The van der Waals surface area contributed by atoms with Crippen LogP contribution in [-0.2, 0) is 6.18 Å². The van der Waals surface area contributed by atoms with Crippen LogP contribution in [0.4, 0.5) is 13.2 Å². The third-order valence-corrected chi connectivity index (χ3v) is 5.34. The molecule has 27 heavy (non-hydrogen) atoms. The number of rotatable bonds is 4. The van der Waals surface area contributed by atoms with Crippen LogP contribution < -0.4 is 5.32 Å². The molecule has 0 saturated heterocycles. The lowest BCUT2D eigenvalue weighted by Gasteiger charge is -2.15. The molecule has 0 aliphatic rings. The van der Waals surface area contributed by atoms with Gasteiger partial charge in [-0.25, -0.2) is 4.68 Å². The fourth-order valence-electron chi connectivity index (χ4n) is 2.58. The number of thiophene rings is 1. The van der Waals surface area contributed by atoms with Crippen LogP contribution in [0, 0.1) is 6.92 Å². The number of nitrogens with one attached hydrogen (secondary N) is 1. The van der Waals surface area contributed by atoms with Crippen LogP contribution in [0.1, 0.15) is 39.5 Å². The van der Waals surface area contributed by atoms with Crippen molar-refractivity contribution in [2.75, 3.05) is 0 Å². The second kappa shape index (κ2) is 7.36. The molecule has 142 valence electrons. The number of alkyl halides is 3. The molecule has 2 heterocycles. The fourth-order valence-corrected chi connectivity index (χ4v) is 3.64. The highest BCUT2D eigenvalue weighted by molar-refractivity contribution is 7.16. The monoisotopic (exact) mass is 413 g/mol. The SMILES string of the molecule is Cc1ccc(-n2ncc(C(=O)NC(C)c3ccc(Cl)s3)c2C(F)(F)F)cc1. The van der Waals surface area contributed by atoms with E-state index in [4.69, 9.17) is 11.6 Å². The first-order valence-electron chi connectivity index (χ1n) is 7.95. The van der Waals surface area contributed by atoms with Gasteiger partial charge in [0.1, 0.15) is 0 Å². The van der Waals surface area contributed by atoms with Crippen LogP contribution in [0.15, 0.2) is 42.6 Å². The van der Waals surface area contributed by atoms with E-state index >= 15 is 0 Å². The van der Waals surface area contributed by atoms with E-state index in [0.29, 0.717) is 4.34 Å². The lowest BCUT2D eigenvalue weighted by molar-refractivity contribution is -0.143. The largest absolute Gasteiger partial charge is 0.434 e. The maximum Gasteiger partial charge on any atom is 0.434 e. The molecule has 9 heteroatoms. The van der Waals surface area contributed by atoms with Crippen molar-refractivity contribution < 1.29 is 18.0 Å². The van der Waals surface area contributed by atoms with Crippen molar-refractivity contribution in [3.63, 3.8) is 0 Å². The second-order valence-corrected chi connectivity index (χ2v) is 7.74. The predicted octanol–water partition coefficient (Wildman–Crippen LogP) is 5.41. The first kappa shape index (κ1) is 19.4. The van der Waals surface area contributed by atoms with Gasteiger partial charge in [-0.1, -0.05) is 29.3 Å². The molecule has 4 nitrogen and oxygen atoms in total. The third-order valence-electron chi connectivity index (χ3n) is 3.93. The molecular formula is C18H15ClF3N3OS. The van der Waals surface area contributed by atoms with Crippen molar-refractivity contribution in [3.05, 3.63) is 68.6 Å².